The monoisotopic (exact) mass is 480 g/mol. The molecule has 2 aliphatic rings. The fourth-order valence-corrected chi connectivity index (χ4v) is 4.44. The van der Waals surface area contributed by atoms with Crippen LogP contribution in [0.15, 0.2) is 60.7 Å². The third-order valence-electron chi connectivity index (χ3n) is 6.29. The molecule has 1 atom stereocenters. The lowest BCUT2D eigenvalue weighted by atomic mass is 9.94. The number of amides is 1. The maximum Gasteiger partial charge on any atom is 0.295 e. The van der Waals surface area contributed by atoms with E-state index in [0.29, 0.717) is 43.2 Å². The Morgan fingerprint density at radius 1 is 1.17 bits per heavy atom. The average Bonchev–Trinajstić information content (AvgIpc) is 3.12. The van der Waals surface area contributed by atoms with Crippen LogP contribution in [-0.2, 0) is 14.3 Å². The molecular formula is C27H29FN2O5. The van der Waals surface area contributed by atoms with Crippen molar-refractivity contribution in [2.45, 2.75) is 13.0 Å². The first kappa shape index (κ1) is 24.6. The van der Waals surface area contributed by atoms with Crippen molar-refractivity contribution in [1.29, 1.82) is 0 Å². The molecule has 2 saturated heterocycles. The highest BCUT2D eigenvalue weighted by molar-refractivity contribution is 6.46. The standard InChI is InChI=1S/C27H29FN2O5/c1-3-14-35-22-9-6-20(17-18(22)2)25(31)23-24(19-4-7-21(28)8-5-19)30(27(33)26(23)32)11-10-29-12-15-34-16-13-29/h3-9,17,24,31H,1,10-16H2,2H3/t24-/m0/s1. The minimum atomic E-state index is -0.825. The second-order valence-corrected chi connectivity index (χ2v) is 8.58. The largest absolute Gasteiger partial charge is 0.507 e. The van der Waals surface area contributed by atoms with Crippen molar-refractivity contribution in [3.8, 4) is 5.75 Å². The van der Waals surface area contributed by atoms with Gasteiger partial charge in [0.05, 0.1) is 24.8 Å². The summed E-state index contributed by atoms with van der Waals surface area (Å²) in [5.74, 6) is -1.52. The number of ketones is 1. The Bertz CT molecular complexity index is 1140. The molecule has 184 valence electrons. The molecule has 0 aliphatic carbocycles. The number of aliphatic hydroxyl groups excluding tert-OH is 1. The molecule has 0 radical (unpaired) electrons. The van der Waals surface area contributed by atoms with Crippen LogP contribution in [0.2, 0.25) is 0 Å². The summed E-state index contributed by atoms with van der Waals surface area (Å²) in [6.07, 6.45) is 1.63. The Balaban J connectivity index is 1.71. The zero-order chi connectivity index (χ0) is 24.9. The van der Waals surface area contributed by atoms with Crippen LogP contribution < -0.4 is 4.74 Å². The van der Waals surface area contributed by atoms with E-state index in [2.05, 4.69) is 11.5 Å². The Kier molecular flexibility index (Phi) is 7.63. The smallest absolute Gasteiger partial charge is 0.295 e. The van der Waals surface area contributed by atoms with Gasteiger partial charge < -0.3 is 19.5 Å². The predicted octanol–water partition coefficient (Wildman–Crippen LogP) is 3.45. The third kappa shape index (κ3) is 5.28. The molecule has 2 heterocycles. The van der Waals surface area contributed by atoms with Gasteiger partial charge in [0.25, 0.3) is 11.7 Å². The van der Waals surface area contributed by atoms with E-state index in [4.69, 9.17) is 9.47 Å². The highest BCUT2D eigenvalue weighted by Crippen LogP contribution is 2.39. The molecule has 0 unspecified atom stereocenters. The molecule has 2 fully saturated rings. The number of halogens is 1. The number of hydrogen-bond donors (Lipinski definition) is 1. The normalized spacial score (nSPS) is 20.3. The molecule has 0 bridgehead atoms. The Morgan fingerprint density at radius 3 is 2.54 bits per heavy atom. The van der Waals surface area contributed by atoms with Gasteiger partial charge in [-0.2, -0.15) is 0 Å². The van der Waals surface area contributed by atoms with E-state index < -0.39 is 23.5 Å². The summed E-state index contributed by atoms with van der Waals surface area (Å²) in [6.45, 7) is 9.36. The molecule has 0 saturated carbocycles. The molecule has 0 aromatic heterocycles. The number of hydrogen-bond acceptors (Lipinski definition) is 6. The van der Waals surface area contributed by atoms with Gasteiger partial charge >= 0.3 is 0 Å². The molecular weight excluding hydrogens is 451 g/mol. The quantitative estimate of drug-likeness (QED) is 0.270. The number of carbonyl (C=O) groups is 2. The summed E-state index contributed by atoms with van der Waals surface area (Å²) in [6, 6.07) is 9.88. The van der Waals surface area contributed by atoms with Crippen molar-refractivity contribution < 1.29 is 28.6 Å². The number of likely N-dealkylation sites (tertiary alicyclic amines) is 1. The maximum atomic E-state index is 13.7. The Labute approximate surface area is 204 Å². The zero-order valence-corrected chi connectivity index (χ0v) is 19.7. The Hall–Kier alpha value is -3.49. The second kappa shape index (κ2) is 10.8. The number of nitrogens with zero attached hydrogens (tertiary/aromatic N) is 2. The van der Waals surface area contributed by atoms with Crippen LogP contribution in [0.3, 0.4) is 0 Å². The van der Waals surface area contributed by atoms with Crippen LogP contribution in [0.5, 0.6) is 5.75 Å². The summed E-state index contributed by atoms with van der Waals surface area (Å²) < 4.78 is 24.6. The van der Waals surface area contributed by atoms with Gasteiger partial charge in [-0.25, -0.2) is 4.39 Å². The van der Waals surface area contributed by atoms with E-state index in [0.717, 1.165) is 18.7 Å². The fourth-order valence-electron chi connectivity index (χ4n) is 4.44. The highest BCUT2D eigenvalue weighted by Gasteiger charge is 2.46. The van der Waals surface area contributed by atoms with E-state index in [9.17, 15) is 19.1 Å². The number of rotatable bonds is 8. The summed E-state index contributed by atoms with van der Waals surface area (Å²) in [7, 11) is 0. The summed E-state index contributed by atoms with van der Waals surface area (Å²) in [5.41, 5.74) is 1.70. The molecule has 8 heteroatoms. The summed E-state index contributed by atoms with van der Waals surface area (Å²) in [5, 5.41) is 11.2. The molecule has 4 rings (SSSR count). The lowest BCUT2D eigenvalue weighted by molar-refractivity contribution is -0.140. The first-order chi connectivity index (χ1) is 16.9. The van der Waals surface area contributed by atoms with E-state index in [1.165, 1.54) is 17.0 Å². The van der Waals surface area contributed by atoms with E-state index in [1.807, 2.05) is 6.92 Å². The van der Waals surface area contributed by atoms with Crippen LogP contribution in [0.1, 0.15) is 22.7 Å². The van der Waals surface area contributed by atoms with Gasteiger partial charge in [0.1, 0.15) is 23.9 Å². The second-order valence-electron chi connectivity index (χ2n) is 8.58. The number of ether oxygens (including phenoxy) is 2. The lowest BCUT2D eigenvalue weighted by Gasteiger charge is -2.31. The number of morpholine rings is 1. The Morgan fingerprint density at radius 2 is 1.89 bits per heavy atom. The topological polar surface area (TPSA) is 79.3 Å². The van der Waals surface area contributed by atoms with Crippen molar-refractivity contribution in [2.24, 2.45) is 0 Å². The number of carbonyl (C=O) groups excluding carboxylic acids is 2. The molecule has 35 heavy (non-hydrogen) atoms. The van der Waals surface area contributed by atoms with E-state index in [-0.39, 0.29) is 17.9 Å². The van der Waals surface area contributed by atoms with Gasteiger partial charge in [-0.1, -0.05) is 24.8 Å². The van der Waals surface area contributed by atoms with Crippen LogP contribution in [-0.4, -0.2) is 72.6 Å². The van der Waals surface area contributed by atoms with Crippen LogP contribution >= 0.6 is 0 Å². The van der Waals surface area contributed by atoms with Gasteiger partial charge in [-0.05, 0) is 48.4 Å². The molecule has 1 amide bonds. The first-order valence-corrected chi connectivity index (χ1v) is 11.6. The number of Topliss-reactive ketones (excluding diaryl/α,β-unsaturated/α-hetero) is 1. The molecule has 1 N–H and O–H groups in total. The van der Waals surface area contributed by atoms with Crippen molar-refractivity contribution in [1.82, 2.24) is 9.80 Å². The number of benzene rings is 2. The highest BCUT2D eigenvalue weighted by atomic mass is 19.1. The van der Waals surface area contributed by atoms with Gasteiger partial charge in [0.2, 0.25) is 0 Å². The zero-order valence-electron chi connectivity index (χ0n) is 19.7. The number of aryl methyl sites for hydroxylation is 1. The average molecular weight is 481 g/mol. The van der Waals surface area contributed by atoms with Gasteiger partial charge in [0, 0.05) is 31.7 Å². The van der Waals surface area contributed by atoms with Gasteiger partial charge in [0.15, 0.2) is 0 Å². The first-order valence-electron chi connectivity index (χ1n) is 11.6. The summed E-state index contributed by atoms with van der Waals surface area (Å²) >= 11 is 0. The lowest BCUT2D eigenvalue weighted by Crippen LogP contribution is -2.42. The van der Waals surface area contributed by atoms with Crippen molar-refractivity contribution in [3.05, 3.63) is 83.2 Å². The van der Waals surface area contributed by atoms with Crippen molar-refractivity contribution >= 4 is 17.4 Å². The van der Waals surface area contributed by atoms with Crippen LogP contribution in [0, 0.1) is 12.7 Å². The summed E-state index contributed by atoms with van der Waals surface area (Å²) in [4.78, 5) is 29.9. The van der Waals surface area contributed by atoms with Gasteiger partial charge in [-0.15, -0.1) is 0 Å². The predicted molar refractivity (Wildman–Crippen MR) is 130 cm³/mol. The molecule has 7 nitrogen and oxygen atoms in total. The van der Waals surface area contributed by atoms with Gasteiger partial charge in [-0.3, -0.25) is 14.5 Å². The van der Waals surface area contributed by atoms with E-state index in [1.54, 1.807) is 36.4 Å². The van der Waals surface area contributed by atoms with Crippen LogP contribution in [0.4, 0.5) is 4.39 Å². The molecule has 2 aliphatic heterocycles. The van der Waals surface area contributed by atoms with E-state index >= 15 is 0 Å². The molecule has 2 aromatic carbocycles. The SMILES string of the molecule is C=CCOc1ccc(C(O)=C2C(=O)C(=O)N(CCN3CCOCC3)[C@H]2c2ccc(F)cc2)cc1C. The number of aliphatic hydroxyl groups is 1. The van der Waals surface area contributed by atoms with Crippen molar-refractivity contribution in [3.63, 3.8) is 0 Å². The molecule has 0 spiro atoms. The minimum Gasteiger partial charge on any atom is -0.507 e. The third-order valence-corrected chi connectivity index (χ3v) is 6.29. The van der Waals surface area contributed by atoms with Crippen molar-refractivity contribution in [2.75, 3.05) is 46.0 Å². The maximum absolute atomic E-state index is 13.7. The van der Waals surface area contributed by atoms with Crippen LogP contribution in [0.25, 0.3) is 5.76 Å². The fraction of sp³-hybridized carbons (Fsp3) is 0.333. The minimum absolute atomic E-state index is 0.0113. The molecule has 2 aromatic rings.